The normalized spacial score (nSPS) is 8.10. The van der Waals surface area contributed by atoms with Crippen LogP contribution in [-0.2, 0) is 23.7 Å². The maximum absolute atomic E-state index is 8.76. The van der Waals surface area contributed by atoms with Gasteiger partial charge in [-0.15, -0.1) is 0 Å². The van der Waals surface area contributed by atoms with Crippen molar-refractivity contribution in [2.24, 2.45) is 0 Å². The maximum atomic E-state index is 8.76. The summed E-state index contributed by atoms with van der Waals surface area (Å²) in [4.78, 5) is 0. The summed E-state index contributed by atoms with van der Waals surface area (Å²) in [5, 5.41) is 17.4. The number of hydrogen-bond donors (Lipinski definition) is 2. The zero-order chi connectivity index (χ0) is 21.6. The Kier molecular flexibility index (Phi) is 17.7. The van der Waals surface area contributed by atoms with Crippen molar-refractivity contribution < 1.29 is 33.9 Å². The first-order valence-electron chi connectivity index (χ1n) is 8.70. The molecule has 0 atom stereocenters. The molecule has 0 amide bonds. The van der Waals surface area contributed by atoms with Crippen molar-refractivity contribution in [3.8, 4) is 11.5 Å². The van der Waals surface area contributed by atoms with Gasteiger partial charge in [0.15, 0.2) is 0 Å². The molecule has 3 nitrogen and oxygen atoms in total. The van der Waals surface area contributed by atoms with Crippen LogP contribution in [0.3, 0.4) is 0 Å². The van der Waals surface area contributed by atoms with E-state index < -0.39 is 0 Å². The first kappa shape index (κ1) is 26.0. The van der Waals surface area contributed by atoms with Crippen molar-refractivity contribution >= 4 is 0 Å². The quantitative estimate of drug-likeness (QED) is 0.273. The third kappa shape index (κ3) is 18.1. The van der Waals surface area contributed by atoms with Crippen LogP contribution < -0.4 is 0 Å². The van der Waals surface area contributed by atoms with Gasteiger partial charge in [-0.3, -0.25) is 0 Å². The van der Waals surface area contributed by atoms with Crippen molar-refractivity contribution in [1.29, 1.82) is 0 Å². The van der Waals surface area contributed by atoms with Crippen molar-refractivity contribution in [1.82, 2.24) is 0 Å². The Labute approximate surface area is 185 Å². The second-order valence-electron chi connectivity index (χ2n) is 5.33. The molecule has 4 heteroatoms. The second kappa shape index (κ2) is 19.7. The molecular formula is C25H24O3Ti. The van der Waals surface area contributed by atoms with Crippen LogP contribution in [0.1, 0.15) is 5.56 Å². The Bertz CT molecular complexity index is 703. The minimum absolute atomic E-state index is 0.322. The summed E-state index contributed by atoms with van der Waals surface area (Å²) in [6.45, 7) is 1.99. The van der Waals surface area contributed by atoms with Crippen molar-refractivity contribution in [3.05, 3.63) is 133 Å². The summed E-state index contributed by atoms with van der Waals surface area (Å²) in [5.41, 5.74) is 1.17. The second-order valence-corrected chi connectivity index (χ2v) is 5.33. The van der Waals surface area contributed by atoms with Gasteiger partial charge in [0, 0.05) is 0 Å². The average molecular weight is 420 g/mol. The summed E-state index contributed by atoms with van der Waals surface area (Å²) < 4.78 is 8.25. The van der Waals surface area contributed by atoms with Crippen LogP contribution in [0.15, 0.2) is 115 Å². The summed E-state index contributed by atoms with van der Waals surface area (Å²) in [7, 11) is 0. The fourth-order valence-corrected chi connectivity index (χ4v) is 1.66. The summed E-state index contributed by atoms with van der Waals surface area (Å²) in [6, 6.07) is 40.8. The number of phenolic OH excluding ortho intramolecular Hbond substituents is 2. The first-order valence-corrected chi connectivity index (χ1v) is 9.34. The van der Waals surface area contributed by atoms with Gasteiger partial charge in [-0.05, 0) is 31.2 Å². The molecule has 4 aromatic carbocycles. The number of rotatable bonds is 0. The minimum Gasteiger partial charge on any atom is -0.184 e. The number of phenols is 2. The van der Waals surface area contributed by atoms with Crippen LogP contribution in [-0.4, -0.2) is 10.2 Å². The minimum atomic E-state index is 0.322. The van der Waals surface area contributed by atoms with Gasteiger partial charge >= 0.3 is 23.7 Å². The molecule has 0 aliphatic heterocycles. The predicted octanol–water partition coefficient (Wildman–Crippen LogP) is 5.95. The van der Waals surface area contributed by atoms with E-state index in [1.165, 1.54) is 5.56 Å². The standard InChI is InChI=1S/C7H8O.C6H6O.2C6H5.O.Ti/c1-6-2-4-7(8)5-3-6;7-6-4-2-1-3-5-6;2*1-2-4-6-5-3-1;;/h2-5,8H,1H3;1-5,7H;2*1-5H;;/q;;2*-1;;+2. The van der Waals surface area contributed by atoms with Gasteiger partial charge in [0.25, 0.3) is 0 Å². The van der Waals surface area contributed by atoms with Crippen molar-refractivity contribution in [2.45, 2.75) is 6.92 Å². The van der Waals surface area contributed by atoms with Crippen LogP contribution in [0.25, 0.3) is 0 Å². The molecule has 0 saturated heterocycles. The molecule has 146 valence electrons. The van der Waals surface area contributed by atoms with Crippen LogP contribution in [0, 0.1) is 19.1 Å². The zero-order valence-electron chi connectivity index (χ0n) is 16.3. The van der Waals surface area contributed by atoms with Crippen molar-refractivity contribution in [3.63, 3.8) is 0 Å². The Morgan fingerprint density at radius 2 is 0.897 bits per heavy atom. The van der Waals surface area contributed by atoms with E-state index in [0.717, 1.165) is 20.4 Å². The SMILES string of the molecule is Cc1ccc(O)cc1.Oc1ccccc1.[O]=[Ti+2].[c-]1ccccc1.[c-]1ccccc1. The van der Waals surface area contributed by atoms with Gasteiger partial charge < -0.3 is 10.2 Å². The Morgan fingerprint density at radius 3 is 1.10 bits per heavy atom. The van der Waals surface area contributed by atoms with E-state index in [9.17, 15) is 0 Å². The molecule has 0 unspecified atom stereocenters. The Balaban J connectivity index is 0.000000352. The van der Waals surface area contributed by atoms with Gasteiger partial charge in [0.05, 0.1) is 0 Å². The number of hydrogen-bond acceptors (Lipinski definition) is 3. The van der Waals surface area contributed by atoms with E-state index in [4.69, 9.17) is 13.5 Å². The average Bonchev–Trinajstić information content (AvgIpc) is 2.81. The van der Waals surface area contributed by atoms with E-state index in [1.807, 2.05) is 85.8 Å². The molecule has 4 rings (SSSR count). The van der Waals surface area contributed by atoms with Crippen LogP contribution in [0.2, 0.25) is 0 Å². The molecule has 0 saturated carbocycles. The Hall–Kier alpha value is -3.01. The van der Waals surface area contributed by atoms with Gasteiger partial charge in [0.2, 0.25) is 0 Å². The van der Waals surface area contributed by atoms with Crippen LogP contribution in [0.4, 0.5) is 0 Å². The zero-order valence-corrected chi connectivity index (χ0v) is 17.8. The van der Waals surface area contributed by atoms with E-state index >= 15 is 0 Å². The number of aryl methyl sites for hydroxylation is 1. The fourth-order valence-electron chi connectivity index (χ4n) is 1.66. The largest absolute Gasteiger partial charge is 0.184 e. The summed E-state index contributed by atoms with van der Waals surface area (Å²) in [5.74, 6) is 0.651. The topological polar surface area (TPSA) is 57.5 Å². The molecule has 0 radical (unpaired) electrons. The van der Waals surface area contributed by atoms with Gasteiger partial charge in [-0.1, -0.05) is 35.9 Å². The molecule has 0 fully saturated rings. The van der Waals surface area contributed by atoms with E-state index in [-0.39, 0.29) is 0 Å². The van der Waals surface area contributed by atoms with Gasteiger partial charge in [-0.2, -0.15) is 72.8 Å². The third-order valence-electron chi connectivity index (χ3n) is 3.00. The monoisotopic (exact) mass is 420 g/mol. The molecule has 0 aromatic heterocycles. The molecule has 29 heavy (non-hydrogen) atoms. The molecule has 0 spiro atoms. The molecule has 0 aliphatic carbocycles. The van der Waals surface area contributed by atoms with Crippen LogP contribution in [0.5, 0.6) is 11.5 Å². The fraction of sp³-hybridized carbons (Fsp3) is 0.0400. The number of para-hydroxylation sites is 1. The molecule has 0 aliphatic rings. The summed E-state index contributed by atoms with van der Waals surface area (Å²) in [6.07, 6.45) is 0. The molecular weight excluding hydrogens is 396 g/mol. The van der Waals surface area contributed by atoms with Gasteiger partial charge in [0.1, 0.15) is 11.5 Å². The number of benzene rings is 4. The third-order valence-corrected chi connectivity index (χ3v) is 3.00. The van der Waals surface area contributed by atoms with E-state index in [0.29, 0.717) is 11.5 Å². The maximum Gasteiger partial charge on any atom is -0.171 e. The molecule has 0 heterocycles. The van der Waals surface area contributed by atoms with Crippen molar-refractivity contribution in [2.75, 3.05) is 0 Å². The first-order chi connectivity index (χ1) is 14.2. The number of aromatic hydroxyl groups is 2. The molecule has 2 N–H and O–H groups in total. The molecule has 0 bridgehead atoms. The van der Waals surface area contributed by atoms with E-state index in [1.54, 1.807) is 36.4 Å². The van der Waals surface area contributed by atoms with Gasteiger partial charge in [-0.25, -0.2) is 0 Å². The smallest absolute Gasteiger partial charge is 0.171 e. The van der Waals surface area contributed by atoms with E-state index in [2.05, 4.69) is 12.1 Å². The van der Waals surface area contributed by atoms with Crippen LogP contribution >= 0.6 is 0 Å². The predicted molar refractivity (Wildman–Crippen MR) is 112 cm³/mol. The Morgan fingerprint density at radius 1 is 0.552 bits per heavy atom. The summed E-state index contributed by atoms with van der Waals surface area (Å²) >= 11 is 0.750. The molecule has 4 aromatic rings.